The van der Waals surface area contributed by atoms with Crippen LogP contribution in [0, 0.1) is 0 Å². The van der Waals surface area contributed by atoms with Gasteiger partial charge in [-0.05, 0) is 0 Å². The lowest BCUT2D eigenvalue weighted by Crippen LogP contribution is -2.47. The maximum atomic E-state index is 12.3. The molecule has 1 aliphatic rings. The molecule has 0 spiro atoms. The standard InChI is InChI=1S/C15H20N7O7P/c1-20-7-22(12-9(20)13(24)19-15(16)18-12)14-11(27-2)10(23)8(29-14)5-28-30(25,26)21-4-3-17-6-21/h3-4,6-8,10-11,14,23H,5H2,1-2H3,(H3-,16,18,19,24,25,26)/p+1/t8-,10?,11+,14-/m1/s1. The topological polar surface area (TPSA) is 184 Å². The molecule has 3 aromatic rings. The van der Waals surface area contributed by atoms with E-state index >= 15 is 0 Å². The van der Waals surface area contributed by atoms with E-state index in [2.05, 4.69) is 15.0 Å². The number of anilines is 1. The van der Waals surface area contributed by atoms with E-state index in [1.54, 1.807) is 13.4 Å². The van der Waals surface area contributed by atoms with Gasteiger partial charge >= 0.3 is 13.4 Å². The molecule has 4 rings (SSSR count). The lowest BCUT2D eigenvalue weighted by atomic mass is 10.1. The number of aliphatic hydroxyl groups excluding tert-OH is 1. The second kappa shape index (κ2) is 7.58. The number of nitrogens with zero attached hydrogens (tertiary/aromatic N) is 5. The fraction of sp³-hybridized carbons (Fsp3) is 0.467. The van der Waals surface area contributed by atoms with Crippen LogP contribution in [-0.2, 0) is 25.6 Å². The fourth-order valence-electron chi connectivity index (χ4n) is 3.43. The summed E-state index contributed by atoms with van der Waals surface area (Å²) in [6.07, 6.45) is 1.37. The van der Waals surface area contributed by atoms with Gasteiger partial charge in [0.25, 0.3) is 11.5 Å². The van der Waals surface area contributed by atoms with Crippen molar-refractivity contribution in [2.45, 2.75) is 24.5 Å². The van der Waals surface area contributed by atoms with Crippen LogP contribution >= 0.6 is 7.75 Å². The number of aromatic nitrogens is 6. The monoisotopic (exact) mass is 442 g/mol. The van der Waals surface area contributed by atoms with Crippen LogP contribution in [0.15, 0.2) is 29.8 Å². The number of aromatic amines is 1. The normalized spacial score (nSPS) is 26.3. The van der Waals surface area contributed by atoms with Crippen molar-refractivity contribution in [3.05, 3.63) is 35.4 Å². The van der Waals surface area contributed by atoms with Gasteiger partial charge in [0, 0.05) is 19.5 Å². The van der Waals surface area contributed by atoms with E-state index < -0.39 is 44.5 Å². The van der Waals surface area contributed by atoms with Crippen molar-refractivity contribution in [3.63, 3.8) is 0 Å². The molecule has 0 aromatic carbocycles. The molecule has 0 saturated carbocycles. The molecule has 0 bridgehead atoms. The van der Waals surface area contributed by atoms with E-state index in [0.29, 0.717) is 0 Å². The average Bonchev–Trinajstić information content (AvgIpc) is 3.39. The predicted octanol–water partition coefficient (Wildman–Crippen LogP) is -1.73. The van der Waals surface area contributed by atoms with Gasteiger partial charge in [-0.15, -0.1) is 0 Å². The van der Waals surface area contributed by atoms with Crippen LogP contribution in [0.25, 0.3) is 11.2 Å². The SMILES string of the molecule is CO[C@H]1C(O)[C@@H](COP(=O)(O)n2ccnc2)O[C@H]1[n+]1cn(C)c2c(=O)[nH]c(N)nc21. The summed E-state index contributed by atoms with van der Waals surface area (Å²) in [5.74, 6) is -0.0820. The fourth-order valence-corrected chi connectivity index (χ4v) is 4.32. The third-order valence-electron chi connectivity index (χ3n) is 4.84. The smallest absolute Gasteiger partial charge is 0.387 e. The number of H-pyrrole nitrogens is 1. The summed E-state index contributed by atoms with van der Waals surface area (Å²) in [5.41, 5.74) is 5.71. The molecule has 4 heterocycles. The van der Waals surface area contributed by atoms with Crippen LogP contribution in [-0.4, -0.2) is 65.9 Å². The lowest BCUT2D eigenvalue weighted by Gasteiger charge is -2.18. The van der Waals surface area contributed by atoms with Crippen LogP contribution < -0.4 is 15.9 Å². The van der Waals surface area contributed by atoms with E-state index in [4.69, 9.17) is 19.7 Å². The van der Waals surface area contributed by atoms with Crippen molar-refractivity contribution >= 4 is 24.9 Å². The van der Waals surface area contributed by atoms with Gasteiger partial charge < -0.3 is 25.2 Å². The highest BCUT2D eigenvalue weighted by molar-refractivity contribution is 7.51. The molecule has 1 aliphatic heterocycles. The summed E-state index contributed by atoms with van der Waals surface area (Å²) in [4.78, 5) is 32.6. The number of aliphatic hydroxyl groups is 1. The van der Waals surface area contributed by atoms with E-state index in [9.17, 15) is 19.4 Å². The molecule has 2 unspecified atom stereocenters. The number of nitrogen functional groups attached to an aromatic ring is 1. The molecule has 162 valence electrons. The molecule has 5 atom stereocenters. The summed E-state index contributed by atoms with van der Waals surface area (Å²) in [6, 6.07) is 0. The van der Waals surface area contributed by atoms with E-state index in [-0.39, 0.29) is 17.1 Å². The molecule has 0 aliphatic carbocycles. The van der Waals surface area contributed by atoms with Crippen molar-refractivity contribution in [3.8, 4) is 0 Å². The highest BCUT2D eigenvalue weighted by Gasteiger charge is 2.49. The third-order valence-corrected chi connectivity index (χ3v) is 6.14. The molecular weight excluding hydrogens is 421 g/mol. The Kier molecular flexibility index (Phi) is 5.22. The minimum absolute atomic E-state index is 0.0820. The molecular formula is C15H21N7O7P+. The van der Waals surface area contributed by atoms with Crippen molar-refractivity contribution in [2.24, 2.45) is 7.05 Å². The van der Waals surface area contributed by atoms with Gasteiger partial charge in [0.05, 0.1) is 13.7 Å². The molecule has 30 heavy (non-hydrogen) atoms. The van der Waals surface area contributed by atoms with E-state index in [1.807, 2.05) is 0 Å². The molecule has 3 aromatic heterocycles. The number of rotatable bonds is 6. The van der Waals surface area contributed by atoms with Crippen LogP contribution in [0.3, 0.4) is 0 Å². The summed E-state index contributed by atoms with van der Waals surface area (Å²) >= 11 is 0. The van der Waals surface area contributed by atoms with Gasteiger partial charge in [-0.25, -0.2) is 18.5 Å². The summed E-state index contributed by atoms with van der Waals surface area (Å²) in [5, 5.41) is 10.6. The Hall–Kier alpha value is -2.61. The number of ether oxygens (including phenoxy) is 2. The third kappa shape index (κ3) is 3.43. The first kappa shape index (κ1) is 20.7. The maximum absolute atomic E-state index is 12.3. The summed E-state index contributed by atoms with van der Waals surface area (Å²) in [7, 11) is -1.18. The lowest BCUT2D eigenvalue weighted by molar-refractivity contribution is -0.746. The number of methoxy groups -OCH3 is 1. The molecule has 14 nitrogen and oxygen atoms in total. The van der Waals surface area contributed by atoms with Crippen LogP contribution in [0.5, 0.6) is 0 Å². The first-order chi connectivity index (χ1) is 14.2. The van der Waals surface area contributed by atoms with Gasteiger partial charge in [0.2, 0.25) is 11.7 Å². The maximum Gasteiger partial charge on any atom is 0.437 e. The van der Waals surface area contributed by atoms with Crippen molar-refractivity contribution < 1.29 is 33.1 Å². The number of imidazole rings is 2. The van der Waals surface area contributed by atoms with Crippen LogP contribution in [0.4, 0.5) is 5.95 Å². The number of hydrogen-bond donors (Lipinski definition) is 4. The zero-order valence-electron chi connectivity index (χ0n) is 16.0. The average molecular weight is 442 g/mol. The van der Waals surface area contributed by atoms with Gasteiger partial charge in [0.1, 0.15) is 24.6 Å². The van der Waals surface area contributed by atoms with Gasteiger partial charge in [-0.1, -0.05) is 4.98 Å². The van der Waals surface area contributed by atoms with E-state index in [1.165, 1.54) is 28.6 Å². The largest absolute Gasteiger partial charge is 0.437 e. The quantitative estimate of drug-likeness (QED) is 0.253. The number of nitrogens with two attached hydrogens (primary N) is 1. The predicted molar refractivity (Wildman–Crippen MR) is 100 cm³/mol. The number of aryl methyl sites for hydroxylation is 1. The van der Waals surface area contributed by atoms with Gasteiger partial charge in [-0.3, -0.25) is 18.9 Å². The van der Waals surface area contributed by atoms with Crippen LogP contribution in [0.1, 0.15) is 6.23 Å². The van der Waals surface area contributed by atoms with Crippen molar-refractivity contribution in [1.29, 1.82) is 0 Å². The van der Waals surface area contributed by atoms with Gasteiger partial charge in [0.15, 0.2) is 6.33 Å². The zero-order chi connectivity index (χ0) is 21.6. The molecule has 15 heteroatoms. The van der Waals surface area contributed by atoms with Crippen LogP contribution in [0.2, 0.25) is 0 Å². The zero-order valence-corrected chi connectivity index (χ0v) is 16.9. The van der Waals surface area contributed by atoms with Gasteiger partial charge in [-0.2, -0.15) is 0 Å². The Morgan fingerprint density at radius 1 is 1.50 bits per heavy atom. The second-order valence-electron chi connectivity index (χ2n) is 6.74. The first-order valence-electron chi connectivity index (χ1n) is 8.81. The Bertz CT molecular complexity index is 1160. The highest BCUT2D eigenvalue weighted by Crippen LogP contribution is 2.44. The molecule has 5 N–H and O–H groups in total. The summed E-state index contributed by atoms with van der Waals surface area (Å²) < 4.78 is 32.7. The summed E-state index contributed by atoms with van der Waals surface area (Å²) in [6.45, 7) is -0.398. The highest BCUT2D eigenvalue weighted by atomic mass is 31.2. The van der Waals surface area contributed by atoms with E-state index in [0.717, 1.165) is 10.7 Å². The Morgan fingerprint density at radius 2 is 2.27 bits per heavy atom. The van der Waals surface area contributed by atoms with Crippen molar-refractivity contribution in [1.82, 2.24) is 23.9 Å². The number of hydrogen-bond acceptors (Lipinski definition) is 9. The Morgan fingerprint density at radius 3 is 2.93 bits per heavy atom. The number of nitrogens with one attached hydrogen (secondary N) is 1. The van der Waals surface area contributed by atoms with Crippen molar-refractivity contribution in [2.75, 3.05) is 19.5 Å². The minimum Gasteiger partial charge on any atom is -0.387 e. The Balaban J connectivity index is 1.62. The molecule has 1 saturated heterocycles. The second-order valence-corrected chi connectivity index (χ2v) is 8.44. The molecule has 0 radical (unpaired) electrons. The first-order valence-corrected chi connectivity index (χ1v) is 10.3. The number of fused-ring (bicyclic) bond motifs is 1. The Labute approximate surface area is 169 Å². The molecule has 1 fully saturated rings. The minimum atomic E-state index is -4.21. The molecule has 0 amide bonds.